The molecule has 142 valence electrons. The van der Waals surface area contributed by atoms with Crippen LogP contribution in [0.15, 0.2) is 47.8 Å². The summed E-state index contributed by atoms with van der Waals surface area (Å²) >= 11 is 1.46. The Morgan fingerprint density at radius 1 is 1.18 bits per heavy atom. The van der Waals surface area contributed by atoms with Crippen LogP contribution in [0.3, 0.4) is 0 Å². The van der Waals surface area contributed by atoms with Gasteiger partial charge in [0.05, 0.1) is 37.5 Å². The summed E-state index contributed by atoms with van der Waals surface area (Å²) < 4.78 is 16.0. The van der Waals surface area contributed by atoms with Crippen molar-refractivity contribution in [2.45, 2.75) is 13.3 Å². The first kappa shape index (κ1) is 19.4. The fourth-order valence-corrected chi connectivity index (χ4v) is 3.34. The molecule has 7 heteroatoms. The zero-order chi connectivity index (χ0) is 19.9. The Hall–Kier alpha value is -3.37. The second-order valence-corrected chi connectivity index (χ2v) is 6.59. The van der Waals surface area contributed by atoms with E-state index in [1.54, 1.807) is 12.1 Å². The van der Waals surface area contributed by atoms with E-state index in [9.17, 15) is 4.79 Å². The highest BCUT2D eigenvalue weighted by atomic mass is 32.1. The topological polar surface area (TPSA) is 81.4 Å². The first-order valence-corrected chi connectivity index (χ1v) is 9.47. The van der Waals surface area contributed by atoms with E-state index in [0.717, 1.165) is 16.3 Å². The Kier molecular flexibility index (Phi) is 6.25. The fraction of sp³-hybridized carbons (Fsp3) is 0.190. The molecule has 3 rings (SSSR count). The summed E-state index contributed by atoms with van der Waals surface area (Å²) in [5.41, 5.74) is 2.02. The number of aromatic nitrogens is 1. The number of thiazole rings is 1. The lowest BCUT2D eigenvalue weighted by atomic mass is 10.2. The van der Waals surface area contributed by atoms with Gasteiger partial charge in [0, 0.05) is 17.0 Å². The van der Waals surface area contributed by atoms with E-state index in [1.165, 1.54) is 24.5 Å². The molecule has 0 aliphatic carbocycles. The normalized spacial score (nSPS) is 10.2. The Morgan fingerprint density at radius 3 is 2.64 bits per heavy atom. The molecule has 3 aromatic rings. The maximum atomic E-state index is 12.3. The summed E-state index contributed by atoms with van der Waals surface area (Å²) in [4.78, 5) is 16.8. The number of carbonyl (C=O) groups excluding carboxylic acids is 1. The summed E-state index contributed by atoms with van der Waals surface area (Å²) in [5, 5.41) is 11.6. The van der Waals surface area contributed by atoms with Crippen molar-refractivity contribution in [2.24, 2.45) is 0 Å². The van der Waals surface area contributed by atoms with Gasteiger partial charge in [-0.1, -0.05) is 0 Å². The minimum absolute atomic E-state index is 0.0384. The highest BCUT2D eigenvalue weighted by molar-refractivity contribution is 7.13. The number of hydrogen-bond donors (Lipinski definition) is 0. The molecule has 0 saturated carbocycles. The van der Waals surface area contributed by atoms with Gasteiger partial charge in [0.25, 0.3) is 0 Å². The maximum absolute atomic E-state index is 12.3. The third kappa shape index (κ3) is 4.67. The maximum Gasteiger partial charge on any atom is 0.317 e. The molecule has 0 spiro atoms. The van der Waals surface area contributed by atoms with Crippen molar-refractivity contribution >= 4 is 17.3 Å². The summed E-state index contributed by atoms with van der Waals surface area (Å²) in [7, 11) is 1.46. The third-order valence-corrected chi connectivity index (χ3v) is 4.75. The molecule has 2 aromatic carbocycles. The molecule has 0 aliphatic heterocycles. The predicted molar refractivity (Wildman–Crippen MR) is 106 cm³/mol. The van der Waals surface area contributed by atoms with E-state index < -0.39 is 5.97 Å². The van der Waals surface area contributed by atoms with Crippen molar-refractivity contribution in [3.05, 3.63) is 59.1 Å². The van der Waals surface area contributed by atoms with Gasteiger partial charge in [-0.25, -0.2) is 4.98 Å². The molecule has 1 aromatic heterocycles. The van der Waals surface area contributed by atoms with Crippen LogP contribution >= 0.6 is 11.3 Å². The highest BCUT2D eigenvalue weighted by Gasteiger charge is 2.14. The van der Waals surface area contributed by atoms with Crippen LogP contribution in [0, 0.1) is 11.3 Å². The lowest BCUT2D eigenvalue weighted by Gasteiger charge is -2.08. The second kappa shape index (κ2) is 9.02. The smallest absolute Gasteiger partial charge is 0.317 e. The van der Waals surface area contributed by atoms with Gasteiger partial charge in [-0.05, 0) is 43.3 Å². The average Bonchev–Trinajstić information content (AvgIpc) is 3.17. The number of nitrogens with zero attached hydrogens (tertiary/aromatic N) is 2. The first-order chi connectivity index (χ1) is 13.6. The van der Waals surface area contributed by atoms with E-state index >= 15 is 0 Å². The largest absolute Gasteiger partial charge is 0.494 e. The van der Waals surface area contributed by atoms with Crippen LogP contribution in [0.1, 0.15) is 18.2 Å². The molecule has 0 N–H and O–H groups in total. The van der Waals surface area contributed by atoms with Crippen LogP contribution in [0.25, 0.3) is 10.6 Å². The molecule has 6 nitrogen and oxygen atoms in total. The molecule has 0 fully saturated rings. The van der Waals surface area contributed by atoms with E-state index in [0.29, 0.717) is 23.6 Å². The molecule has 0 bridgehead atoms. The highest BCUT2D eigenvalue weighted by Crippen LogP contribution is 2.29. The van der Waals surface area contributed by atoms with Gasteiger partial charge in [-0.3, -0.25) is 4.79 Å². The van der Waals surface area contributed by atoms with Gasteiger partial charge in [0.15, 0.2) is 11.5 Å². The van der Waals surface area contributed by atoms with E-state index in [-0.39, 0.29) is 12.2 Å². The Balaban J connectivity index is 1.66. The predicted octanol–water partition coefficient (Wildman–Crippen LogP) is 4.24. The van der Waals surface area contributed by atoms with Crippen molar-refractivity contribution in [2.75, 3.05) is 13.7 Å². The van der Waals surface area contributed by atoms with Crippen molar-refractivity contribution < 1.29 is 19.0 Å². The minimum atomic E-state index is -0.452. The average molecular weight is 394 g/mol. The van der Waals surface area contributed by atoms with E-state index in [4.69, 9.17) is 19.5 Å². The molecule has 0 atom stereocenters. The van der Waals surface area contributed by atoms with Crippen molar-refractivity contribution in [3.63, 3.8) is 0 Å². The van der Waals surface area contributed by atoms with Crippen LogP contribution in [0.4, 0.5) is 0 Å². The first-order valence-electron chi connectivity index (χ1n) is 8.59. The van der Waals surface area contributed by atoms with E-state index in [1.807, 2.05) is 42.6 Å². The molecule has 0 amide bonds. The summed E-state index contributed by atoms with van der Waals surface area (Å²) in [5.74, 6) is 0.962. The van der Waals surface area contributed by atoms with Crippen LogP contribution in [0.2, 0.25) is 0 Å². The van der Waals surface area contributed by atoms with Gasteiger partial charge in [-0.2, -0.15) is 5.26 Å². The number of benzene rings is 2. The molecular formula is C21H18N2O4S. The van der Waals surface area contributed by atoms with Gasteiger partial charge >= 0.3 is 5.97 Å². The lowest BCUT2D eigenvalue weighted by Crippen LogP contribution is -2.12. The standard InChI is InChI=1S/C21H18N2O4S/c1-3-26-17-7-5-15(6-8-17)21-23-16(13-28-21)11-20(24)27-18-9-4-14(12-22)10-19(18)25-2/h4-10,13H,3,11H2,1-2H3. The van der Waals surface area contributed by atoms with E-state index in [2.05, 4.69) is 4.98 Å². The zero-order valence-corrected chi connectivity index (χ0v) is 16.3. The molecule has 28 heavy (non-hydrogen) atoms. The van der Waals surface area contributed by atoms with Crippen LogP contribution in [0.5, 0.6) is 17.2 Å². The second-order valence-electron chi connectivity index (χ2n) is 5.73. The SMILES string of the molecule is CCOc1ccc(-c2nc(CC(=O)Oc3ccc(C#N)cc3OC)cs2)cc1. The Labute approximate surface area is 166 Å². The van der Waals surface area contributed by atoms with Crippen molar-refractivity contribution in [1.29, 1.82) is 5.26 Å². The summed E-state index contributed by atoms with van der Waals surface area (Å²) in [6, 6.07) is 14.3. The Bertz CT molecular complexity index is 1010. The molecule has 0 unspecified atom stereocenters. The number of rotatable bonds is 7. The van der Waals surface area contributed by atoms with Crippen LogP contribution < -0.4 is 14.2 Å². The number of ether oxygens (including phenoxy) is 3. The van der Waals surface area contributed by atoms with Gasteiger partial charge in [0.2, 0.25) is 0 Å². The van der Waals surface area contributed by atoms with Gasteiger partial charge in [0.1, 0.15) is 10.8 Å². The summed E-state index contributed by atoms with van der Waals surface area (Å²) in [6.45, 7) is 2.56. The monoisotopic (exact) mass is 394 g/mol. The fourth-order valence-electron chi connectivity index (χ4n) is 2.51. The zero-order valence-electron chi connectivity index (χ0n) is 15.5. The molecule has 1 heterocycles. The molecule has 0 saturated heterocycles. The quantitative estimate of drug-likeness (QED) is 0.440. The molecule has 0 aliphatic rings. The molecule has 0 radical (unpaired) electrons. The number of nitriles is 1. The van der Waals surface area contributed by atoms with Gasteiger partial charge < -0.3 is 14.2 Å². The molecular weight excluding hydrogens is 376 g/mol. The van der Waals surface area contributed by atoms with Crippen LogP contribution in [-0.4, -0.2) is 24.7 Å². The van der Waals surface area contributed by atoms with Crippen LogP contribution in [-0.2, 0) is 11.2 Å². The van der Waals surface area contributed by atoms with Crippen molar-refractivity contribution in [1.82, 2.24) is 4.98 Å². The number of carbonyl (C=O) groups is 1. The number of hydrogen-bond acceptors (Lipinski definition) is 7. The summed E-state index contributed by atoms with van der Waals surface area (Å²) in [6.07, 6.45) is 0.0384. The van der Waals surface area contributed by atoms with Gasteiger partial charge in [-0.15, -0.1) is 11.3 Å². The van der Waals surface area contributed by atoms with Crippen molar-refractivity contribution in [3.8, 4) is 33.9 Å². The lowest BCUT2D eigenvalue weighted by molar-refractivity contribution is -0.133. The number of esters is 1. The number of methoxy groups -OCH3 is 1. The Morgan fingerprint density at radius 2 is 1.96 bits per heavy atom. The minimum Gasteiger partial charge on any atom is -0.494 e. The third-order valence-electron chi connectivity index (χ3n) is 3.81.